The molecule has 0 aliphatic carbocycles. The predicted octanol–water partition coefficient (Wildman–Crippen LogP) is 2.04. The molecular weight excluding hydrogens is 156 g/mol. The lowest BCUT2D eigenvalue weighted by atomic mass is 10.2. The molecule has 2 heteroatoms. The molecule has 58 valence electrons. The summed E-state index contributed by atoms with van der Waals surface area (Å²) in [5.41, 5.74) is 1.09. The highest BCUT2D eigenvalue weighted by atomic mass is 32.2. The lowest BCUT2D eigenvalue weighted by Gasteiger charge is -1.88. The Balaban J connectivity index is 2.72. The summed E-state index contributed by atoms with van der Waals surface area (Å²) < 4.78 is 10.6. The number of rotatable bonds is 2. The fourth-order valence-corrected chi connectivity index (χ4v) is 1.09. The maximum Gasteiger partial charge on any atom is 0.0424 e. The molecule has 0 aliphatic rings. The van der Waals surface area contributed by atoms with E-state index < -0.39 is 10.8 Å². The van der Waals surface area contributed by atoms with Gasteiger partial charge in [-0.15, -0.1) is 0 Å². The molecule has 1 atom stereocenters. The molecule has 0 amide bonds. The van der Waals surface area contributed by atoms with Gasteiger partial charge in [-0.3, -0.25) is 4.21 Å². The lowest BCUT2D eigenvalue weighted by Crippen LogP contribution is -1.75. The van der Waals surface area contributed by atoms with Crippen LogP contribution in [0.1, 0.15) is 5.56 Å². The van der Waals surface area contributed by atoms with Crippen LogP contribution in [0.25, 0.3) is 6.08 Å². The van der Waals surface area contributed by atoms with Crippen LogP contribution < -0.4 is 0 Å². The number of hydrogen-bond acceptors (Lipinski definition) is 1. The fourth-order valence-electron chi connectivity index (χ4n) is 0.739. The Morgan fingerprint density at radius 3 is 2.45 bits per heavy atom. The normalized spacial score (nSPS) is 13.5. The number of hydrogen-bond donors (Lipinski definition) is 0. The van der Waals surface area contributed by atoms with Crippen molar-refractivity contribution in [2.75, 3.05) is 6.26 Å². The Morgan fingerprint density at radius 1 is 1.27 bits per heavy atom. The van der Waals surface area contributed by atoms with Crippen molar-refractivity contribution in [3.63, 3.8) is 0 Å². The summed E-state index contributed by atoms with van der Waals surface area (Å²) in [5.74, 6) is 0. The monoisotopic (exact) mass is 166 g/mol. The summed E-state index contributed by atoms with van der Waals surface area (Å²) in [6.45, 7) is 0. The first-order valence-corrected chi connectivity index (χ1v) is 4.96. The van der Waals surface area contributed by atoms with E-state index in [1.807, 2.05) is 36.4 Å². The first-order valence-electron chi connectivity index (χ1n) is 3.34. The van der Waals surface area contributed by atoms with Gasteiger partial charge in [0.05, 0.1) is 0 Å². The van der Waals surface area contributed by atoms with Crippen LogP contribution >= 0.6 is 0 Å². The van der Waals surface area contributed by atoms with E-state index in [9.17, 15) is 4.21 Å². The highest BCUT2D eigenvalue weighted by Crippen LogP contribution is 2.00. The zero-order chi connectivity index (χ0) is 8.10. The SMILES string of the molecule is C[S@@](=O)/C=C/c1ccccc1. The smallest absolute Gasteiger partial charge is 0.0424 e. The van der Waals surface area contributed by atoms with Crippen molar-refractivity contribution in [2.45, 2.75) is 0 Å². The molecule has 11 heavy (non-hydrogen) atoms. The van der Waals surface area contributed by atoms with Gasteiger partial charge in [-0.05, 0) is 11.6 Å². The van der Waals surface area contributed by atoms with E-state index in [4.69, 9.17) is 0 Å². The van der Waals surface area contributed by atoms with Crippen LogP contribution in [0.4, 0.5) is 0 Å². The van der Waals surface area contributed by atoms with Crippen molar-refractivity contribution >= 4 is 16.9 Å². The van der Waals surface area contributed by atoms with Crippen molar-refractivity contribution in [2.24, 2.45) is 0 Å². The average molecular weight is 166 g/mol. The van der Waals surface area contributed by atoms with E-state index >= 15 is 0 Å². The molecule has 0 saturated carbocycles. The predicted molar refractivity (Wildman–Crippen MR) is 49.5 cm³/mol. The maximum absolute atomic E-state index is 10.6. The maximum atomic E-state index is 10.6. The highest BCUT2D eigenvalue weighted by Gasteiger charge is 1.82. The van der Waals surface area contributed by atoms with Gasteiger partial charge in [0, 0.05) is 22.5 Å². The van der Waals surface area contributed by atoms with E-state index in [1.54, 1.807) is 11.7 Å². The number of benzene rings is 1. The minimum Gasteiger partial charge on any atom is -0.255 e. The van der Waals surface area contributed by atoms with Gasteiger partial charge in [-0.2, -0.15) is 0 Å². The molecule has 0 aliphatic heterocycles. The van der Waals surface area contributed by atoms with E-state index in [1.165, 1.54) is 0 Å². The van der Waals surface area contributed by atoms with Crippen molar-refractivity contribution in [3.8, 4) is 0 Å². The Kier molecular flexibility index (Phi) is 3.05. The van der Waals surface area contributed by atoms with Crippen LogP contribution in [-0.4, -0.2) is 10.5 Å². The van der Waals surface area contributed by atoms with Crippen LogP contribution in [0, 0.1) is 0 Å². The van der Waals surface area contributed by atoms with E-state index in [2.05, 4.69) is 0 Å². The third kappa shape index (κ3) is 3.14. The molecule has 0 unspecified atom stereocenters. The largest absolute Gasteiger partial charge is 0.255 e. The van der Waals surface area contributed by atoms with Gasteiger partial charge in [0.25, 0.3) is 0 Å². The third-order valence-corrected chi connectivity index (χ3v) is 1.77. The summed E-state index contributed by atoms with van der Waals surface area (Å²) in [6.07, 6.45) is 3.51. The first-order chi connectivity index (χ1) is 5.29. The fraction of sp³-hybridized carbons (Fsp3) is 0.111. The Hall–Kier alpha value is -0.890. The summed E-state index contributed by atoms with van der Waals surface area (Å²) >= 11 is 0. The van der Waals surface area contributed by atoms with Crippen molar-refractivity contribution in [3.05, 3.63) is 41.3 Å². The second-order valence-corrected chi connectivity index (χ2v) is 3.48. The highest BCUT2D eigenvalue weighted by molar-refractivity contribution is 7.87. The third-order valence-electron chi connectivity index (χ3n) is 1.25. The van der Waals surface area contributed by atoms with E-state index in [0.717, 1.165) is 5.56 Å². The average Bonchev–Trinajstić information content (AvgIpc) is 2.03. The van der Waals surface area contributed by atoms with E-state index in [0.29, 0.717) is 0 Å². The lowest BCUT2D eigenvalue weighted by molar-refractivity contribution is 0.692. The summed E-state index contributed by atoms with van der Waals surface area (Å²) in [6, 6.07) is 9.82. The zero-order valence-corrected chi connectivity index (χ0v) is 7.17. The van der Waals surface area contributed by atoms with Gasteiger partial charge >= 0.3 is 0 Å². The topological polar surface area (TPSA) is 17.1 Å². The summed E-state index contributed by atoms with van der Waals surface area (Å²) in [4.78, 5) is 0. The molecule has 1 rings (SSSR count). The summed E-state index contributed by atoms with van der Waals surface area (Å²) in [7, 11) is -0.847. The van der Waals surface area contributed by atoms with Gasteiger partial charge in [0.2, 0.25) is 0 Å². The molecule has 0 aromatic heterocycles. The van der Waals surface area contributed by atoms with Crippen molar-refractivity contribution in [1.82, 2.24) is 0 Å². The van der Waals surface area contributed by atoms with Crippen molar-refractivity contribution in [1.29, 1.82) is 0 Å². The van der Waals surface area contributed by atoms with Crippen LogP contribution in [0.2, 0.25) is 0 Å². The van der Waals surface area contributed by atoms with Gasteiger partial charge in [-0.25, -0.2) is 0 Å². The molecule has 0 bridgehead atoms. The molecule has 0 fully saturated rings. The molecule has 0 N–H and O–H groups in total. The molecule has 1 aromatic carbocycles. The zero-order valence-electron chi connectivity index (χ0n) is 6.36. The second kappa shape index (κ2) is 4.09. The van der Waals surface area contributed by atoms with E-state index in [-0.39, 0.29) is 0 Å². The molecule has 1 aromatic rings. The van der Waals surface area contributed by atoms with Crippen LogP contribution in [0.15, 0.2) is 35.7 Å². The molecule has 0 spiro atoms. The van der Waals surface area contributed by atoms with Gasteiger partial charge < -0.3 is 0 Å². The molecule has 1 nitrogen and oxygen atoms in total. The minimum atomic E-state index is -0.847. The molecule has 0 heterocycles. The quantitative estimate of drug-likeness (QED) is 0.657. The first kappa shape index (κ1) is 8.21. The molecular formula is C9H10OS. The van der Waals surface area contributed by atoms with Crippen LogP contribution in [-0.2, 0) is 10.8 Å². The van der Waals surface area contributed by atoms with Crippen LogP contribution in [0.3, 0.4) is 0 Å². The van der Waals surface area contributed by atoms with Gasteiger partial charge in [-0.1, -0.05) is 30.3 Å². The van der Waals surface area contributed by atoms with Gasteiger partial charge in [0.1, 0.15) is 0 Å². The Bertz CT molecular complexity index is 264. The Morgan fingerprint density at radius 2 is 1.91 bits per heavy atom. The van der Waals surface area contributed by atoms with Crippen molar-refractivity contribution < 1.29 is 4.21 Å². The van der Waals surface area contributed by atoms with Crippen LogP contribution in [0.5, 0.6) is 0 Å². The molecule has 0 radical (unpaired) electrons. The standard InChI is InChI=1S/C9H10OS/c1-11(10)8-7-9-5-3-2-4-6-9/h2-8H,1H3/b8-7+/t11-/m1/s1. The minimum absolute atomic E-state index is 0.847. The summed E-state index contributed by atoms with van der Waals surface area (Å²) in [5, 5.41) is 1.68. The van der Waals surface area contributed by atoms with Gasteiger partial charge in [0.15, 0.2) is 0 Å². The Labute approximate surface area is 69.2 Å². The second-order valence-electron chi connectivity index (χ2n) is 2.21. The molecule has 0 saturated heterocycles.